The maximum Gasteiger partial charge on any atom is 0.222 e. The molecule has 0 saturated heterocycles. The van der Waals surface area contributed by atoms with Crippen LogP contribution in [-0.4, -0.2) is 19.1 Å². The van der Waals surface area contributed by atoms with E-state index >= 15 is 0 Å². The van der Waals surface area contributed by atoms with Gasteiger partial charge < -0.3 is 9.47 Å². The highest BCUT2D eigenvalue weighted by atomic mass is 19.1. The van der Waals surface area contributed by atoms with Gasteiger partial charge in [0, 0.05) is 0 Å². The van der Waals surface area contributed by atoms with Crippen molar-refractivity contribution in [3.8, 4) is 5.75 Å². The van der Waals surface area contributed by atoms with Gasteiger partial charge in [-0.15, -0.1) is 0 Å². The van der Waals surface area contributed by atoms with Crippen molar-refractivity contribution < 1.29 is 18.3 Å². The molecule has 2 aromatic rings. The second kappa shape index (κ2) is 10.2. The van der Waals surface area contributed by atoms with Crippen LogP contribution in [0.15, 0.2) is 47.5 Å². The van der Waals surface area contributed by atoms with Crippen molar-refractivity contribution in [3.05, 3.63) is 65.2 Å². The topological polar surface area (TPSA) is 30.8 Å². The molecule has 0 bridgehead atoms. The Bertz CT molecular complexity index is 769. The molecule has 5 heteroatoms. The van der Waals surface area contributed by atoms with Crippen molar-refractivity contribution in [1.29, 1.82) is 0 Å². The normalized spacial score (nSPS) is 16.0. The van der Waals surface area contributed by atoms with Gasteiger partial charge in [0.05, 0.1) is 6.61 Å². The molecule has 0 aromatic heterocycles. The lowest BCUT2D eigenvalue weighted by molar-refractivity contribution is 0.303. The van der Waals surface area contributed by atoms with Crippen molar-refractivity contribution in [2.75, 3.05) is 13.2 Å². The third-order valence-electron chi connectivity index (χ3n) is 4.86. The van der Waals surface area contributed by atoms with E-state index in [1.807, 2.05) is 24.3 Å². The molecule has 0 fully saturated rings. The molecule has 0 saturated carbocycles. The minimum Gasteiger partial charge on any atom is -0.494 e. The Balaban J connectivity index is 1.52. The summed E-state index contributed by atoms with van der Waals surface area (Å²) < 4.78 is 39.0. The zero-order valence-corrected chi connectivity index (χ0v) is 16.3. The predicted octanol–water partition coefficient (Wildman–Crippen LogP) is 6.22. The lowest BCUT2D eigenvalue weighted by Crippen LogP contribution is -2.07. The Morgan fingerprint density at radius 2 is 1.64 bits per heavy atom. The van der Waals surface area contributed by atoms with Crippen molar-refractivity contribution in [3.63, 3.8) is 0 Å². The van der Waals surface area contributed by atoms with E-state index in [4.69, 9.17) is 9.47 Å². The van der Waals surface area contributed by atoms with E-state index in [1.54, 1.807) is 0 Å². The summed E-state index contributed by atoms with van der Waals surface area (Å²) in [6, 6.07) is 11.1. The third kappa shape index (κ3) is 5.31. The molecule has 0 spiro atoms. The summed E-state index contributed by atoms with van der Waals surface area (Å²) in [7, 11) is 0. The minimum absolute atomic E-state index is 0.0176. The highest BCUT2D eigenvalue weighted by molar-refractivity contribution is 5.95. The molecule has 1 heterocycles. The lowest BCUT2D eigenvalue weighted by Gasteiger charge is -2.09. The average Bonchev–Trinajstić information content (AvgIpc) is 3.17. The smallest absolute Gasteiger partial charge is 0.222 e. The van der Waals surface area contributed by atoms with Crippen LogP contribution in [0.4, 0.5) is 8.78 Å². The van der Waals surface area contributed by atoms with Crippen LogP contribution in [0.1, 0.15) is 62.6 Å². The molecule has 3 nitrogen and oxygen atoms in total. The summed E-state index contributed by atoms with van der Waals surface area (Å²) in [6.07, 6.45) is 7.39. The monoisotopic (exact) mass is 387 g/mol. The number of ether oxygens (including phenoxy) is 2. The number of benzene rings is 2. The number of rotatable bonds is 10. The molecule has 0 radical (unpaired) electrons. The van der Waals surface area contributed by atoms with E-state index in [2.05, 4.69) is 11.9 Å². The van der Waals surface area contributed by atoms with Crippen LogP contribution in [-0.2, 0) is 4.74 Å². The fourth-order valence-corrected chi connectivity index (χ4v) is 3.24. The van der Waals surface area contributed by atoms with E-state index in [9.17, 15) is 8.78 Å². The number of unbranched alkanes of at least 4 members (excludes halogenated alkanes) is 5. The van der Waals surface area contributed by atoms with Gasteiger partial charge >= 0.3 is 0 Å². The molecular formula is C23H27F2NO2. The van der Waals surface area contributed by atoms with Crippen molar-refractivity contribution >= 4 is 5.90 Å². The summed E-state index contributed by atoms with van der Waals surface area (Å²) in [6.45, 7) is 3.20. The van der Waals surface area contributed by atoms with Crippen molar-refractivity contribution in [2.45, 2.75) is 51.5 Å². The minimum atomic E-state index is -0.669. The van der Waals surface area contributed by atoms with Gasteiger partial charge in [-0.25, -0.2) is 13.8 Å². The van der Waals surface area contributed by atoms with Gasteiger partial charge in [-0.1, -0.05) is 57.2 Å². The zero-order chi connectivity index (χ0) is 19.8. The lowest BCUT2D eigenvalue weighted by atomic mass is 10.1. The molecular weight excluding hydrogens is 360 g/mol. The van der Waals surface area contributed by atoms with Crippen LogP contribution >= 0.6 is 0 Å². The SMILES string of the molecule is CCCCCCCCOc1ccc(C2COC(c3c(F)cccc3F)=N2)cc1. The Hall–Kier alpha value is -2.43. The van der Waals surface area contributed by atoms with Crippen molar-refractivity contribution in [1.82, 2.24) is 0 Å². The largest absolute Gasteiger partial charge is 0.494 e. The second-order valence-corrected chi connectivity index (χ2v) is 7.04. The Labute approximate surface area is 165 Å². The average molecular weight is 387 g/mol. The fourth-order valence-electron chi connectivity index (χ4n) is 3.24. The maximum atomic E-state index is 13.9. The van der Waals surface area contributed by atoms with Gasteiger partial charge in [0.25, 0.3) is 0 Å². The molecule has 1 atom stereocenters. The van der Waals surface area contributed by atoms with E-state index in [0.717, 1.165) is 17.7 Å². The first-order chi connectivity index (χ1) is 13.7. The summed E-state index contributed by atoms with van der Waals surface area (Å²) >= 11 is 0. The molecule has 28 heavy (non-hydrogen) atoms. The predicted molar refractivity (Wildman–Crippen MR) is 107 cm³/mol. The highest BCUT2D eigenvalue weighted by Gasteiger charge is 2.26. The quantitative estimate of drug-likeness (QED) is 0.453. The molecule has 1 aliphatic heterocycles. The van der Waals surface area contributed by atoms with Crippen LogP contribution in [0.25, 0.3) is 0 Å². The summed E-state index contributed by atoms with van der Waals surface area (Å²) in [4.78, 5) is 4.36. The van der Waals surface area contributed by atoms with Crippen LogP contribution in [0.2, 0.25) is 0 Å². The van der Waals surface area contributed by atoms with Crippen LogP contribution in [0.5, 0.6) is 5.75 Å². The number of hydrogen-bond donors (Lipinski definition) is 0. The number of nitrogens with zero attached hydrogens (tertiary/aromatic N) is 1. The fraction of sp³-hybridized carbons (Fsp3) is 0.435. The zero-order valence-electron chi connectivity index (χ0n) is 16.3. The molecule has 0 aliphatic carbocycles. The van der Waals surface area contributed by atoms with E-state index in [-0.39, 0.29) is 24.1 Å². The molecule has 2 aromatic carbocycles. The van der Waals surface area contributed by atoms with Gasteiger partial charge in [-0.05, 0) is 36.2 Å². The van der Waals surface area contributed by atoms with E-state index in [1.165, 1.54) is 50.3 Å². The second-order valence-electron chi connectivity index (χ2n) is 7.04. The molecule has 0 amide bonds. The van der Waals surface area contributed by atoms with E-state index < -0.39 is 11.6 Å². The first-order valence-corrected chi connectivity index (χ1v) is 10.1. The third-order valence-corrected chi connectivity index (χ3v) is 4.86. The first kappa shape index (κ1) is 20.3. The Morgan fingerprint density at radius 1 is 0.964 bits per heavy atom. The Morgan fingerprint density at radius 3 is 2.36 bits per heavy atom. The number of aliphatic imine (C=N–C) groups is 1. The number of hydrogen-bond acceptors (Lipinski definition) is 3. The highest BCUT2D eigenvalue weighted by Crippen LogP contribution is 2.28. The summed E-state index contributed by atoms with van der Waals surface area (Å²) in [5.41, 5.74) is 0.725. The van der Waals surface area contributed by atoms with Gasteiger partial charge in [-0.3, -0.25) is 0 Å². The molecule has 0 N–H and O–H groups in total. The maximum absolute atomic E-state index is 13.9. The van der Waals surface area contributed by atoms with Gasteiger partial charge in [0.2, 0.25) is 5.90 Å². The molecule has 1 unspecified atom stereocenters. The first-order valence-electron chi connectivity index (χ1n) is 10.1. The van der Waals surface area contributed by atoms with Crippen LogP contribution < -0.4 is 4.74 Å². The standard InChI is InChI=1S/C23H27F2NO2/c1-2-3-4-5-6-7-15-27-18-13-11-17(12-14-18)21-16-28-23(26-21)22-19(24)9-8-10-20(22)25/h8-14,21H,2-7,15-16H2,1H3. The summed E-state index contributed by atoms with van der Waals surface area (Å²) in [5.74, 6) is -0.500. The summed E-state index contributed by atoms with van der Waals surface area (Å²) in [5, 5.41) is 0. The Kier molecular flexibility index (Phi) is 7.40. The van der Waals surface area contributed by atoms with Gasteiger partial charge in [-0.2, -0.15) is 0 Å². The van der Waals surface area contributed by atoms with Crippen LogP contribution in [0.3, 0.4) is 0 Å². The number of halogens is 2. The van der Waals surface area contributed by atoms with Crippen LogP contribution in [0, 0.1) is 11.6 Å². The molecule has 3 rings (SSSR count). The molecule has 1 aliphatic rings. The van der Waals surface area contributed by atoms with Gasteiger partial charge in [0.1, 0.15) is 35.6 Å². The van der Waals surface area contributed by atoms with E-state index in [0.29, 0.717) is 6.61 Å². The van der Waals surface area contributed by atoms with Gasteiger partial charge in [0.15, 0.2) is 0 Å². The van der Waals surface area contributed by atoms with Crippen molar-refractivity contribution in [2.24, 2.45) is 4.99 Å². The molecule has 150 valence electrons.